The van der Waals surface area contributed by atoms with E-state index in [1.807, 2.05) is 0 Å². The molecule has 0 atom stereocenters. The van der Waals surface area contributed by atoms with Gasteiger partial charge in [0.1, 0.15) is 6.07 Å². The zero-order valence-electron chi connectivity index (χ0n) is 7.72. The van der Waals surface area contributed by atoms with E-state index in [0.717, 1.165) is 19.1 Å². The predicted molar refractivity (Wildman–Crippen MR) is 49.5 cm³/mol. The van der Waals surface area contributed by atoms with E-state index in [0.29, 0.717) is 0 Å². The minimum Gasteiger partial charge on any atom is -0.502 e. The van der Waals surface area contributed by atoms with Crippen molar-refractivity contribution in [1.29, 1.82) is 5.26 Å². The standard InChI is InChI=1S/C9H6N2O4/c1-5(12)8-6(4-10)2-3-7(9(8)13)11(14)15/h2-3,13H,1H3. The molecule has 0 radical (unpaired) electrons. The van der Waals surface area contributed by atoms with Crippen molar-refractivity contribution in [2.45, 2.75) is 6.92 Å². The number of Topliss-reactive ketones (excluding diaryl/α,β-unsaturated/α-hetero) is 1. The highest BCUT2D eigenvalue weighted by Gasteiger charge is 2.22. The van der Waals surface area contributed by atoms with Crippen LogP contribution in [0.2, 0.25) is 0 Å². The van der Waals surface area contributed by atoms with E-state index < -0.39 is 22.1 Å². The SMILES string of the molecule is CC(=O)c1c(C#N)ccc([N+](=O)[O-])c1O. The van der Waals surface area contributed by atoms with Gasteiger partial charge in [0.05, 0.1) is 16.1 Å². The number of nitro benzene ring substituents is 1. The van der Waals surface area contributed by atoms with Crippen LogP contribution in [0.25, 0.3) is 0 Å². The number of carbonyl (C=O) groups excluding carboxylic acids is 1. The number of aromatic hydroxyl groups is 1. The molecule has 0 fully saturated rings. The topological polar surface area (TPSA) is 104 Å². The van der Waals surface area contributed by atoms with E-state index in [9.17, 15) is 20.0 Å². The first kappa shape index (κ1) is 10.7. The minimum atomic E-state index is -0.817. The second-order valence-electron chi connectivity index (χ2n) is 2.78. The van der Waals surface area contributed by atoms with E-state index in [4.69, 9.17) is 5.26 Å². The van der Waals surface area contributed by atoms with Crippen molar-refractivity contribution >= 4 is 11.5 Å². The first-order valence-electron chi connectivity index (χ1n) is 3.90. The summed E-state index contributed by atoms with van der Waals surface area (Å²) in [6, 6.07) is 3.80. The second-order valence-corrected chi connectivity index (χ2v) is 2.78. The third-order valence-electron chi connectivity index (χ3n) is 1.83. The molecule has 0 amide bonds. The van der Waals surface area contributed by atoms with Crippen LogP contribution in [0.5, 0.6) is 5.75 Å². The molecule has 1 N–H and O–H groups in total. The number of hydrogen-bond acceptors (Lipinski definition) is 5. The lowest BCUT2D eigenvalue weighted by Gasteiger charge is -2.02. The van der Waals surface area contributed by atoms with Gasteiger partial charge in [0.25, 0.3) is 0 Å². The number of phenolic OH excluding ortho intramolecular Hbond substituents is 1. The molecule has 76 valence electrons. The first-order chi connectivity index (χ1) is 6.99. The number of carbonyl (C=O) groups is 1. The molecule has 6 nitrogen and oxygen atoms in total. The largest absolute Gasteiger partial charge is 0.502 e. The Labute approximate surface area is 84.5 Å². The number of hydrogen-bond donors (Lipinski definition) is 1. The number of rotatable bonds is 2. The zero-order valence-corrected chi connectivity index (χ0v) is 7.72. The Bertz CT molecular complexity index is 488. The summed E-state index contributed by atoms with van der Waals surface area (Å²) in [5, 5.41) is 28.5. The van der Waals surface area contributed by atoms with Gasteiger partial charge in [-0.15, -0.1) is 0 Å². The van der Waals surface area contributed by atoms with Crippen LogP contribution in [0, 0.1) is 21.4 Å². The van der Waals surface area contributed by atoms with Crippen LogP contribution in [-0.4, -0.2) is 15.8 Å². The average molecular weight is 206 g/mol. The summed E-state index contributed by atoms with van der Waals surface area (Å²) < 4.78 is 0. The van der Waals surface area contributed by atoms with Crippen LogP contribution in [0.15, 0.2) is 12.1 Å². The number of phenols is 1. The summed E-state index contributed by atoms with van der Waals surface area (Å²) >= 11 is 0. The van der Waals surface area contributed by atoms with Crippen LogP contribution in [-0.2, 0) is 0 Å². The fourth-order valence-electron chi connectivity index (χ4n) is 1.18. The van der Waals surface area contributed by atoms with Gasteiger partial charge in [-0.3, -0.25) is 14.9 Å². The maximum absolute atomic E-state index is 11.1. The lowest BCUT2D eigenvalue weighted by atomic mass is 10.0. The fraction of sp³-hybridized carbons (Fsp3) is 0.111. The van der Waals surface area contributed by atoms with Crippen LogP contribution < -0.4 is 0 Å². The molecule has 0 aliphatic heterocycles. The molecule has 0 aliphatic carbocycles. The second kappa shape index (κ2) is 3.75. The van der Waals surface area contributed by atoms with Crippen molar-refractivity contribution in [2.75, 3.05) is 0 Å². The molecule has 0 aliphatic rings. The average Bonchev–Trinajstić information content (AvgIpc) is 2.15. The zero-order chi connectivity index (χ0) is 11.6. The highest BCUT2D eigenvalue weighted by Crippen LogP contribution is 2.31. The number of nitro groups is 1. The van der Waals surface area contributed by atoms with Crippen molar-refractivity contribution in [3.8, 4) is 11.8 Å². The molecule has 1 aromatic carbocycles. The number of nitrogens with zero attached hydrogens (tertiary/aromatic N) is 2. The van der Waals surface area contributed by atoms with Crippen LogP contribution >= 0.6 is 0 Å². The maximum atomic E-state index is 11.1. The van der Waals surface area contributed by atoms with Gasteiger partial charge in [0, 0.05) is 6.07 Å². The minimum absolute atomic E-state index is 0.0781. The van der Waals surface area contributed by atoms with E-state index in [2.05, 4.69) is 0 Å². The summed E-state index contributed by atoms with van der Waals surface area (Å²) in [5.74, 6) is -1.35. The molecular weight excluding hydrogens is 200 g/mol. The molecule has 0 unspecified atom stereocenters. The van der Waals surface area contributed by atoms with Gasteiger partial charge in [-0.2, -0.15) is 5.26 Å². The van der Waals surface area contributed by atoms with Crippen molar-refractivity contribution in [3.05, 3.63) is 33.4 Å². The van der Waals surface area contributed by atoms with Gasteiger partial charge in [-0.05, 0) is 13.0 Å². The van der Waals surface area contributed by atoms with Gasteiger partial charge in [-0.1, -0.05) is 0 Å². The summed E-state index contributed by atoms with van der Waals surface area (Å²) in [4.78, 5) is 20.7. The highest BCUT2D eigenvalue weighted by atomic mass is 16.6. The van der Waals surface area contributed by atoms with Crippen LogP contribution in [0.1, 0.15) is 22.8 Å². The molecule has 15 heavy (non-hydrogen) atoms. The third-order valence-corrected chi connectivity index (χ3v) is 1.83. The Morgan fingerprint density at radius 2 is 2.20 bits per heavy atom. The Balaban J connectivity index is 3.58. The molecule has 6 heteroatoms. The van der Waals surface area contributed by atoms with Crippen molar-refractivity contribution in [1.82, 2.24) is 0 Å². The molecule has 0 heterocycles. The van der Waals surface area contributed by atoms with Gasteiger partial charge in [0.15, 0.2) is 5.78 Å². The lowest BCUT2D eigenvalue weighted by molar-refractivity contribution is -0.385. The monoisotopic (exact) mass is 206 g/mol. The smallest absolute Gasteiger partial charge is 0.311 e. The Kier molecular flexibility index (Phi) is 2.67. The Morgan fingerprint density at radius 3 is 2.60 bits per heavy atom. The Hall–Kier alpha value is -2.42. The normalized spacial score (nSPS) is 9.33. The molecule has 0 saturated carbocycles. The van der Waals surface area contributed by atoms with Gasteiger partial charge in [-0.25, -0.2) is 0 Å². The summed E-state index contributed by atoms with van der Waals surface area (Å²) in [7, 11) is 0. The van der Waals surface area contributed by atoms with Crippen molar-refractivity contribution in [2.24, 2.45) is 0 Å². The lowest BCUT2D eigenvalue weighted by Crippen LogP contribution is -2.00. The number of benzene rings is 1. The molecule has 0 spiro atoms. The van der Waals surface area contributed by atoms with Gasteiger partial charge >= 0.3 is 5.69 Å². The van der Waals surface area contributed by atoms with E-state index >= 15 is 0 Å². The summed E-state index contributed by atoms with van der Waals surface area (Å²) in [6.07, 6.45) is 0. The van der Waals surface area contributed by atoms with E-state index in [-0.39, 0.29) is 11.1 Å². The van der Waals surface area contributed by atoms with E-state index in [1.165, 1.54) is 0 Å². The third kappa shape index (κ3) is 1.76. The molecule has 0 saturated heterocycles. The quantitative estimate of drug-likeness (QED) is 0.447. The molecule has 1 aromatic rings. The van der Waals surface area contributed by atoms with E-state index in [1.54, 1.807) is 6.07 Å². The molecule has 1 rings (SSSR count). The van der Waals surface area contributed by atoms with Crippen molar-refractivity contribution in [3.63, 3.8) is 0 Å². The fourth-order valence-corrected chi connectivity index (χ4v) is 1.18. The van der Waals surface area contributed by atoms with Crippen LogP contribution in [0.4, 0.5) is 5.69 Å². The molecular formula is C9H6N2O4. The predicted octanol–water partition coefficient (Wildman–Crippen LogP) is 1.37. The first-order valence-corrected chi connectivity index (χ1v) is 3.90. The van der Waals surface area contributed by atoms with Crippen LogP contribution in [0.3, 0.4) is 0 Å². The number of ketones is 1. The summed E-state index contributed by atoms with van der Waals surface area (Å²) in [5.41, 5.74) is -0.975. The molecule has 0 bridgehead atoms. The Morgan fingerprint density at radius 1 is 1.60 bits per heavy atom. The summed E-state index contributed by atoms with van der Waals surface area (Å²) in [6.45, 7) is 1.12. The molecule has 0 aromatic heterocycles. The van der Waals surface area contributed by atoms with Gasteiger partial charge < -0.3 is 5.11 Å². The maximum Gasteiger partial charge on any atom is 0.311 e. The van der Waals surface area contributed by atoms with Crippen molar-refractivity contribution < 1.29 is 14.8 Å². The highest BCUT2D eigenvalue weighted by molar-refractivity contribution is 6.00. The number of nitriles is 1. The van der Waals surface area contributed by atoms with Gasteiger partial charge in [0.2, 0.25) is 5.75 Å².